The largest absolute Gasteiger partial charge is 0.496 e. The second-order valence-electron chi connectivity index (χ2n) is 7.99. The summed E-state index contributed by atoms with van der Waals surface area (Å²) in [5.74, 6) is -0.578. The van der Waals surface area contributed by atoms with E-state index in [1.54, 1.807) is 36.5 Å². The maximum absolute atomic E-state index is 12.1. The van der Waals surface area contributed by atoms with Crippen LogP contribution in [0.5, 0.6) is 5.75 Å². The molecular weight excluding hydrogens is 418 g/mol. The number of pyridine rings is 1. The van der Waals surface area contributed by atoms with Crippen LogP contribution >= 0.6 is 11.6 Å². The Kier molecular flexibility index (Phi) is 6.36. The van der Waals surface area contributed by atoms with Crippen LogP contribution in [0.4, 0.5) is 11.4 Å². The summed E-state index contributed by atoms with van der Waals surface area (Å²) in [5, 5.41) is 4.42. The quantitative estimate of drug-likeness (QED) is 0.541. The van der Waals surface area contributed by atoms with E-state index in [1.807, 2.05) is 26.8 Å². The van der Waals surface area contributed by atoms with E-state index in [9.17, 15) is 9.59 Å². The summed E-state index contributed by atoms with van der Waals surface area (Å²) in [6, 6.07) is 10.4. The van der Waals surface area contributed by atoms with Crippen LogP contribution in [-0.4, -0.2) is 29.6 Å². The highest BCUT2D eigenvalue weighted by Crippen LogP contribution is 2.32. The number of nitrogens with zero attached hydrogens (tertiary/aromatic N) is 1. The van der Waals surface area contributed by atoms with Crippen molar-refractivity contribution in [2.24, 2.45) is 5.73 Å². The van der Waals surface area contributed by atoms with Gasteiger partial charge in [0.2, 0.25) is 0 Å². The van der Waals surface area contributed by atoms with Gasteiger partial charge < -0.3 is 20.5 Å². The molecule has 0 radical (unpaired) electrons. The van der Waals surface area contributed by atoms with Gasteiger partial charge >= 0.3 is 5.97 Å². The molecule has 0 unspecified atom stereocenters. The van der Waals surface area contributed by atoms with Crippen LogP contribution in [-0.2, 0) is 16.0 Å². The van der Waals surface area contributed by atoms with Gasteiger partial charge in [-0.05, 0) is 50.6 Å². The lowest BCUT2D eigenvalue weighted by Gasteiger charge is -2.19. The highest BCUT2D eigenvalue weighted by Gasteiger charge is 2.18. The van der Waals surface area contributed by atoms with Crippen LogP contribution in [0.1, 0.15) is 36.7 Å². The normalized spacial score (nSPS) is 11.3. The molecule has 8 heteroatoms. The Morgan fingerprint density at radius 2 is 1.90 bits per heavy atom. The number of halogens is 1. The van der Waals surface area contributed by atoms with Crippen molar-refractivity contribution in [1.29, 1.82) is 0 Å². The predicted molar refractivity (Wildman–Crippen MR) is 121 cm³/mol. The van der Waals surface area contributed by atoms with Crippen molar-refractivity contribution in [2.75, 3.05) is 12.4 Å². The number of benzene rings is 2. The Balaban J connectivity index is 1.89. The summed E-state index contributed by atoms with van der Waals surface area (Å²) in [6.07, 6.45) is 1.73. The summed E-state index contributed by atoms with van der Waals surface area (Å²) in [7, 11) is 1.47. The van der Waals surface area contributed by atoms with Crippen molar-refractivity contribution in [2.45, 2.75) is 32.8 Å². The van der Waals surface area contributed by atoms with E-state index in [4.69, 9.17) is 26.8 Å². The summed E-state index contributed by atoms with van der Waals surface area (Å²) in [6.45, 7) is 5.45. The molecule has 0 aliphatic carbocycles. The van der Waals surface area contributed by atoms with Crippen molar-refractivity contribution in [3.63, 3.8) is 0 Å². The van der Waals surface area contributed by atoms with E-state index in [2.05, 4.69) is 10.3 Å². The number of esters is 1. The maximum Gasteiger partial charge on any atom is 0.310 e. The lowest BCUT2D eigenvalue weighted by atomic mass is 10.1. The lowest BCUT2D eigenvalue weighted by molar-refractivity contribution is -0.153. The Hall–Kier alpha value is -3.32. The van der Waals surface area contributed by atoms with E-state index in [0.29, 0.717) is 38.6 Å². The summed E-state index contributed by atoms with van der Waals surface area (Å²) < 4.78 is 10.6. The van der Waals surface area contributed by atoms with Gasteiger partial charge in [-0.25, -0.2) is 0 Å². The molecule has 0 atom stereocenters. The van der Waals surface area contributed by atoms with Gasteiger partial charge in [-0.1, -0.05) is 17.7 Å². The Bertz CT molecular complexity index is 1160. The molecule has 3 N–H and O–H groups in total. The zero-order valence-corrected chi connectivity index (χ0v) is 18.5. The smallest absolute Gasteiger partial charge is 0.310 e. The number of nitrogens with two attached hydrogens (primary N) is 1. The van der Waals surface area contributed by atoms with Gasteiger partial charge in [-0.2, -0.15) is 0 Å². The zero-order chi connectivity index (χ0) is 22.8. The van der Waals surface area contributed by atoms with Gasteiger partial charge in [0.05, 0.1) is 24.6 Å². The molecule has 0 aliphatic rings. The number of ether oxygens (including phenoxy) is 2. The van der Waals surface area contributed by atoms with Crippen molar-refractivity contribution < 1.29 is 19.1 Å². The van der Waals surface area contributed by atoms with E-state index >= 15 is 0 Å². The number of carbonyl (C=O) groups excluding carboxylic acids is 2. The molecule has 3 aromatic rings. The third-order valence-electron chi connectivity index (χ3n) is 4.42. The molecule has 0 spiro atoms. The van der Waals surface area contributed by atoms with Crippen LogP contribution in [0.3, 0.4) is 0 Å². The van der Waals surface area contributed by atoms with Crippen molar-refractivity contribution in [1.82, 2.24) is 4.98 Å². The molecule has 31 heavy (non-hydrogen) atoms. The number of hydrogen-bond acceptors (Lipinski definition) is 6. The third-order valence-corrected chi connectivity index (χ3v) is 4.77. The fourth-order valence-electron chi connectivity index (χ4n) is 3.10. The molecule has 1 heterocycles. The van der Waals surface area contributed by atoms with Crippen LogP contribution in [0.15, 0.2) is 42.6 Å². The standard InChI is InChI=1S/C23H24ClN3O4/c1-23(2,3)31-21(28)9-13-5-6-14(10-17(13)24)27-18-7-8-26-19-12-20(30-4)16(22(25)29)11-15(18)19/h5-8,10-12H,9H2,1-4H3,(H2,25,29)(H,26,27). The first kappa shape index (κ1) is 22.4. The molecule has 7 nitrogen and oxygen atoms in total. The second-order valence-corrected chi connectivity index (χ2v) is 8.39. The number of hydrogen-bond donors (Lipinski definition) is 2. The van der Waals surface area contributed by atoms with E-state index in [-0.39, 0.29) is 18.0 Å². The minimum Gasteiger partial charge on any atom is -0.496 e. The topological polar surface area (TPSA) is 104 Å². The average molecular weight is 442 g/mol. The fourth-order valence-corrected chi connectivity index (χ4v) is 3.35. The first-order chi connectivity index (χ1) is 14.6. The average Bonchev–Trinajstić information content (AvgIpc) is 2.67. The Morgan fingerprint density at radius 3 is 2.52 bits per heavy atom. The van der Waals surface area contributed by atoms with Crippen molar-refractivity contribution >= 4 is 45.8 Å². The number of primary amides is 1. The van der Waals surface area contributed by atoms with Crippen molar-refractivity contribution in [3.05, 3.63) is 58.7 Å². The fraction of sp³-hybridized carbons (Fsp3) is 0.261. The minimum absolute atomic E-state index is 0.0797. The summed E-state index contributed by atoms with van der Waals surface area (Å²) in [4.78, 5) is 28.2. The molecule has 0 fully saturated rings. The highest BCUT2D eigenvalue weighted by atomic mass is 35.5. The van der Waals surface area contributed by atoms with Crippen LogP contribution < -0.4 is 15.8 Å². The third kappa shape index (κ3) is 5.44. The van der Waals surface area contributed by atoms with Gasteiger partial charge in [0.1, 0.15) is 11.4 Å². The molecule has 0 saturated heterocycles. The molecule has 0 bridgehead atoms. The second kappa shape index (κ2) is 8.81. The number of fused-ring (bicyclic) bond motifs is 1. The predicted octanol–water partition coefficient (Wildman–Crippen LogP) is 4.62. The number of nitrogens with one attached hydrogen (secondary N) is 1. The lowest BCUT2D eigenvalue weighted by Crippen LogP contribution is -2.25. The summed E-state index contributed by atoms with van der Waals surface area (Å²) in [5.41, 5.74) is 7.92. The molecule has 1 amide bonds. The van der Waals surface area contributed by atoms with Crippen LogP contribution in [0.2, 0.25) is 5.02 Å². The molecule has 2 aromatic carbocycles. The van der Waals surface area contributed by atoms with E-state index < -0.39 is 11.5 Å². The minimum atomic E-state index is -0.594. The first-order valence-electron chi connectivity index (χ1n) is 9.61. The zero-order valence-electron chi connectivity index (χ0n) is 17.8. The number of methoxy groups -OCH3 is 1. The van der Waals surface area contributed by atoms with E-state index in [0.717, 1.165) is 0 Å². The van der Waals surface area contributed by atoms with Gasteiger partial charge in [0.15, 0.2) is 0 Å². The first-order valence-corrected chi connectivity index (χ1v) is 9.99. The van der Waals surface area contributed by atoms with Gasteiger partial charge in [-0.3, -0.25) is 14.6 Å². The molecular formula is C23H24ClN3O4. The monoisotopic (exact) mass is 441 g/mol. The molecule has 1 aromatic heterocycles. The number of amides is 1. The Labute approximate surface area is 185 Å². The van der Waals surface area contributed by atoms with Crippen LogP contribution in [0.25, 0.3) is 10.9 Å². The highest BCUT2D eigenvalue weighted by molar-refractivity contribution is 6.31. The number of anilines is 2. The molecule has 0 aliphatic heterocycles. The molecule has 0 saturated carbocycles. The number of aromatic nitrogens is 1. The molecule has 3 rings (SSSR count). The number of rotatable bonds is 6. The number of carbonyl (C=O) groups is 2. The summed E-state index contributed by atoms with van der Waals surface area (Å²) >= 11 is 6.40. The van der Waals surface area contributed by atoms with Gasteiger partial charge in [-0.15, -0.1) is 0 Å². The van der Waals surface area contributed by atoms with Crippen molar-refractivity contribution in [3.8, 4) is 5.75 Å². The van der Waals surface area contributed by atoms with Gasteiger partial charge in [0.25, 0.3) is 5.91 Å². The van der Waals surface area contributed by atoms with Gasteiger partial charge in [0, 0.05) is 34.0 Å². The van der Waals surface area contributed by atoms with E-state index in [1.165, 1.54) is 7.11 Å². The maximum atomic E-state index is 12.1. The molecule has 162 valence electrons. The Morgan fingerprint density at radius 1 is 1.16 bits per heavy atom. The van der Waals surface area contributed by atoms with Crippen LogP contribution in [0, 0.1) is 0 Å². The SMILES string of the molecule is COc1cc2nccc(Nc3ccc(CC(=O)OC(C)(C)C)c(Cl)c3)c2cc1C(N)=O.